The lowest BCUT2D eigenvalue weighted by Crippen LogP contribution is -2.36. The molecule has 2 heterocycles. The Bertz CT molecular complexity index is 1600. The number of hydrogen-bond acceptors (Lipinski definition) is 8. The normalized spacial score (nSPS) is 13.0. The molecular weight excluding hydrogens is 580 g/mol. The zero-order valence-electron chi connectivity index (χ0n) is 23.7. The highest BCUT2D eigenvalue weighted by molar-refractivity contribution is 7.89. The molecule has 11 nitrogen and oxygen atoms in total. The van der Waals surface area contributed by atoms with Crippen molar-refractivity contribution in [3.05, 3.63) is 81.7 Å². The van der Waals surface area contributed by atoms with Crippen molar-refractivity contribution in [1.29, 1.82) is 0 Å². The van der Waals surface area contributed by atoms with E-state index in [-0.39, 0.29) is 46.1 Å². The van der Waals surface area contributed by atoms with Crippen LogP contribution in [0.5, 0.6) is 0 Å². The van der Waals surface area contributed by atoms with E-state index in [0.717, 1.165) is 28.9 Å². The Morgan fingerprint density at radius 3 is 2.29 bits per heavy atom. The second-order valence-corrected chi connectivity index (χ2v) is 12.9. The Hall–Kier alpha value is -4.07. The number of ether oxygens (including phenoxy) is 1. The number of sulfonamides is 1. The molecular formula is C29H32N4O7S2. The van der Waals surface area contributed by atoms with Crippen LogP contribution >= 0.6 is 11.3 Å². The number of carbonyl (C=O) groups excluding carboxylic acids is 4. The van der Waals surface area contributed by atoms with Gasteiger partial charge in [-0.15, -0.1) is 11.3 Å². The summed E-state index contributed by atoms with van der Waals surface area (Å²) in [5, 5.41) is 5.08. The number of nitrogens with one attached hydrogen (secondary N) is 2. The van der Waals surface area contributed by atoms with Gasteiger partial charge >= 0.3 is 6.09 Å². The molecule has 13 heteroatoms. The van der Waals surface area contributed by atoms with Crippen molar-refractivity contribution >= 4 is 50.2 Å². The lowest BCUT2D eigenvalue weighted by Gasteiger charge is -2.26. The van der Waals surface area contributed by atoms with Crippen LogP contribution in [0.1, 0.15) is 57.5 Å². The minimum absolute atomic E-state index is 0.0396. The quantitative estimate of drug-likeness (QED) is 0.392. The van der Waals surface area contributed by atoms with Crippen molar-refractivity contribution in [3.63, 3.8) is 0 Å². The van der Waals surface area contributed by atoms with Crippen molar-refractivity contribution in [3.8, 4) is 0 Å². The molecule has 0 bridgehead atoms. The van der Waals surface area contributed by atoms with E-state index in [1.165, 1.54) is 35.5 Å². The van der Waals surface area contributed by atoms with Crippen LogP contribution < -0.4 is 10.6 Å². The van der Waals surface area contributed by atoms with Gasteiger partial charge in [-0.3, -0.25) is 19.7 Å². The van der Waals surface area contributed by atoms with Crippen molar-refractivity contribution < 1.29 is 32.3 Å². The van der Waals surface area contributed by atoms with Gasteiger partial charge in [0.1, 0.15) is 5.00 Å². The van der Waals surface area contributed by atoms with E-state index in [4.69, 9.17) is 0 Å². The van der Waals surface area contributed by atoms with E-state index in [1.807, 2.05) is 30.3 Å². The molecule has 1 aliphatic heterocycles. The SMILES string of the molecule is COC(=O)NC(=O)c1c(NC(=O)c2ccc(S(=O)(=O)N(Cc3ccccc3)C(C)C)cc2)sc2c1CCN(C(C)=O)C2. The van der Waals surface area contributed by atoms with Crippen LogP contribution in [0.4, 0.5) is 9.80 Å². The number of carbonyl (C=O) groups is 4. The Morgan fingerprint density at radius 1 is 1.02 bits per heavy atom. The maximum Gasteiger partial charge on any atom is 0.413 e. The predicted molar refractivity (Wildman–Crippen MR) is 158 cm³/mol. The number of amides is 4. The minimum Gasteiger partial charge on any atom is -0.453 e. The first-order chi connectivity index (χ1) is 19.9. The maximum absolute atomic E-state index is 13.5. The largest absolute Gasteiger partial charge is 0.453 e. The third kappa shape index (κ3) is 6.69. The standard InChI is InChI=1S/C29H32N4O7S2/c1-18(2)33(16-20-8-6-5-7-9-20)42(38,39)22-12-10-21(11-13-22)26(35)30-28-25(27(36)31-29(37)40-4)23-14-15-32(19(3)34)17-24(23)41-28/h5-13,18H,14-17H2,1-4H3,(H,30,35)(H,31,36,37). The summed E-state index contributed by atoms with van der Waals surface area (Å²) in [5.41, 5.74) is 1.79. The van der Waals surface area contributed by atoms with Gasteiger partial charge in [-0.2, -0.15) is 4.31 Å². The number of methoxy groups -OCH3 is 1. The van der Waals surface area contributed by atoms with Crippen molar-refractivity contribution in [2.75, 3.05) is 19.0 Å². The van der Waals surface area contributed by atoms with E-state index in [1.54, 1.807) is 18.7 Å². The molecule has 42 heavy (non-hydrogen) atoms. The number of nitrogens with zero attached hydrogens (tertiary/aromatic N) is 2. The van der Waals surface area contributed by atoms with Crippen LogP contribution in [0.2, 0.25) is 0 Å². The fourth-order valence-corrected chi connectivity index (χ4v) is 7.48. The summed E-state index contributed by atoms with van der Waals surface area (Å²) in [6, 6.07) is 14.5. The average molecular weight is 613 g/mol. The van der Waals surface area contributed by atoms with E-state index >= 15 is 0 Å². The molecule has 2 N–H and O–H groups in total. The van der Waals surface area contributed by atoms with E-state index < -0.39 is 27.9 Å². The molecule has 0 saturated carbocycles. The van der Waals surface area contributed by atoms with Crippen LogP contribution in [0, 0.1) is 0 Å². The molecule has 2 aromatic carbocycles. The second-order valence-electron chi connectivity index (χ2n) is 9.95. The summed E-state index contributed by atoms with van der Waals surface area (Å²) in [7, 11) is -2.74. The molecule has 0 fully saturated rings. The molecule has 0 radical (unpaired) electrons. The zero-order chi connectivity index (χ0) is 30.6. The Labute approximate surface area is 248 Å². The first-order valence-corrected chi connectivity index (χ1v) is 15.4. The predicted octanol–water partition coefficient (Wildman–Crippen LogP) is 4.00. The monoisotopic (exact) mass is 612 g/mol. The molecule has 0 spiro atoms. The van der Waals surface area contributed by atoms with Gasteiger partial charge in [-0.1, -0.05) is 30.3 Å². The highest BCUT2D eigenvalue weighted by Gasteiger charge is 2.31. The van der Waals surface area contributed by atoms with Gasteiger partial charge in [-0.25, -0.2) is 13.2 Å². The molecule has 0 unspecified atom stereocenters. The number of anilines is 1. The molecule has 4 rings (SSSR count). The molecule has 0 atom stereocenters. The first-order valence-electron chi connectivity index (χ1n) is 13.2. The Balaban J connectivity index is 1.59. The van der Waals surface area contributed by atoms with Crippen molar-refractivity contribution in [2.45, 2.75) is 51.2 Å². The second kappa shape index (κ2) is 12.8. The van der Waals surface area contributed by atoms with E-state index in [0.29, 0.717) is 18.5 Å². The fourth-order valence-electron chi connectivity index (χ4n) is 4.60. The van der Waals surface area contributed by atoms with Crippen LogP contribution in [-0.4, -0.2) is 61.1 Å². The first kappa shape index (κ1) is 30.9. The average Bonchev–Trinajstić information content (AvgIpc) is 3.33. The fraction of sp³-hybridized carbons (Fsp3) is 0.310. The van der Waals surface area contributed by atoms with E-state index in [2.05, 4.69) is 15.4 Å². The lowest BCUT2D eigenvalue weighted by molar-refractivity contribution is -0.129. The summed E-state index contributed by atoms with van der Waals surface area (Å²) in [6.45, 7) is 5.91. The van der Waals surface area contributed by atoms with Crippen LogP contribution in [0.3, 0.4) is 0 Å². The number of thiophene rings is 1. The number of rotatable bonds is 8. The molecule has 1 aromatic heterocycles. The van der Waals surface area contributed by atoms with E-state index in [9.17, 15) is 27.6 Å². The molecule has 222 valence electrons. The topological polar surface area (TPSA) is 142 Å². The minimum atomic E-state index is -3.87. The summed E-state index contributed by atoms with van der Waals surface area (Å²) >= 11 is 1.14. The van der Waals surface area contributed by atoms with Gasteiger partial charge in [-0.05, 0) is 55.7 Å². The van der Waals surface area contributed by atoms with Crippen LogP contribution in [0.25, 0.3) is 0 Å². The summed E-state index contributed by atoms with van der Waals surface area (Å²) in [5.74, 6) is -1.42. The lowest BCUT2D eigenvalue weighted by atomic mass is 10.0. The van der Waals surface area contributed by atoms with Gasteiger partial charge in [0.25, 0.3) is 11.8 Å². The van der Waals surface area contributed by atoms with Crippen molar-refractivity contribution in [1.82, 2.24) is 14.5 Å². The Kier molecular flexibility index (Phi) is 9.44. The number of alkyl carbamates (subject to hydrolysis) is 1. The van der Waals surface area contributed by atoms with Crippen molar-refractivity contribution in [2.24, 2.45) is 0 Å². The molecule has 0 aliphatic carbocycles. The summed E-state index contributed by atoms with van der Waals surface area (Å²) in [4.78, 5) is 52.3. The van der Waals surface area contributed by atoms with Gasteiger partial charge < -0.3 is 15.0 Å². The number of hydrogen-bond donors (Lipinski definition) is 2. The third-order valence-electron chi connectivity index (χ3n) is 6.84. The zero-order valence-corrected chi connectivity index (χ0v) is 25.3. The van der Waals surface area contributed by atoms with Crippen LogP contribution in [0.15, 0.2) is 59.5 Å². The smallest absolute Gasteiger partial charge is 0.413 e. The van der Waals surface area contributed by atoms with Gasteiger partial charge in [0, 0.05) is 36.5 Å². The van der Waals surface area contributed by atoms with Crippen LogP contribution in [-0.2, 0) is 39.1 Å². The van der Waals surface area contributed by atoms with Gasteiger partial charge in [0.2, 0.25) is 15.9 Å². The number of fused-ring (bicyclic) bond motifs is 1. The summed E-state index contributed by atoms with van der Waals surface area (Å²) in [6.07, 6.45) is -0.578. The molecule has 4 amide bonds. The molecule has 1 aliphatic rings. The number of imide groups is 1. The highest BCUT2D eigenvalue weighted by atomic mass is 32.2. The maximum atomic E-state index is 13.5. The van der Waals surface area contributed by atoms with Gasteiger partial charge in [0.05, 0.1) is 24.1 Å². The Morgan fingerprint density at radius 2 is 1.69 bits per heavy atom. The molecule has 3 aromatic rings. The highest BCUT2D eigenvalue weighted by Crippen LogP contribution is 2.37. The van der Waals surface area contributed by atoms with Gasteiger partial charge in [0.15, 0.2) is 0 Å². The molecule has 0 saturated heterocycles. The number of benzene rings is 2. The third-order valence-corrected chi connectivity index (χ3v) is 10.0. The summed E-state index contributed by atoms with van der Waals surface area (Å²) < 4.78 is 32.9.